The molecule has 0 saturated heterocycles. The summed E-state index contributed by atoms with van der Waals surface area (Å²) in [7, 11) is 1.61. The fraction of sp³-hybridized carbons (Fsp3) is 0.440. The fourth-order valence-electron chi connectivity index (χ4n) is 3.32. The first-order valence-electron chi connectivity index (χ1n) is 11.1. The lowest BCUT2D eigenvalue weighted by atomic mass is 10.1. The van der Waals surface area contributed by atoms with Crippen LogP contribution in [-0.2, 0) is 21.9 Å². The lowest BCUT2D eigenvalue weighted by molar-refractivity contribution is -0.139. The van der Waals surface area contributed by atoms with Crippen LogP contribution in [0.25, 0.3) is 0 Å². The number of unbranched alkanes of at least 4 members (excludes halogenated alkanes) is 1. The number of ether oxygens (including phenoxy) is 1. The Bertz CT molecular complexity index is 909. The number of hydrogen-bond donors (Lipinski definition) is 1. The van der Waals surface area contributed by atoms with Crippen LogP contribution in [0.2, 0.25) is 10.0 Å². The largest absolute Gasteiger partial charge is 0.497 e. The summed E-state index contributed by atoms with van der Waals surface area (Å²) < 4.78 is 5.23. The van der Waals surface area contributed by atoms with Crippen LogP contribution in [0.5, 0.6) is 5.75 Å². The first-order valence-corrected chi connectivity index (χ1v) is 13.0. The second-order valence-corrected chi connectivity index (χ2v) is 9.50. The topological polar surface area (TPSA) is 58.6 Å². The molecule has 33 heavy (non-hydrogen) atoms. The first-order chi connectivity index (χ1) is 15.9. The molecule has 0 aliphatic rings. The van der Waals surface area contributed by atoms with E-state index in [1.165, 1.54) is 11.8 Å². The highest BCUT2D eigenvalue weighted by molar-refractivity contribution is 7.99. The van der Waals surface area contributed by atoms with E-state index in [1.54, 1.807) is 24.1 Å². The zero-order valence-electron chi connectivity index (χ0n) is 19.4. The van der Waals surface area contributed by atoms with Crippen LogP contribution in [0.3, 0.4) is 0 Å². The van der Waals surface area contributed by atoms with Crippen LogP contribution in [0.15, 0.2) is 42.5 Å². The van der Waals surface area contributed by atoms with E-state index in [0.29, 0.717) is 35.3 Å². The van der Waals surface area contributed by atoms with E-state index in [9.17, 15) is 9.59 Å². The number of methoxy groups -OCH3 is 1. The normalized spacial score (nSPS) is 11.7. The maximum atomic E-state index is 13.3. The molecule has 1 unspecified atom stereocenters. The van der Waals surface area contributed by atoms with Gasteiger partial charge in [0.25, 0.3) is 0 Å². The third kappa shape index (κ3) is 8.76. The van der Waals surface area contributed by atoms with Gasteiger partial charge in [-0.1, -0.05) is 61.7 Å². The van der Waals surface area contributed by atoms with Crippen molar-refractivity contribution in [3.05, 3.63) is 63.6 Å². The van der Waals surface area contributed by atoms with Gasteiger partial charge in [-0.3, -0.25) is 9.59 Å². The molecule has 0 aliphatic heterocycles. The van der Waals surface area contributed by atoms with E-state index in [-0.39, 0.29) is 17.6 Å². The van der Waals surface area contributed by atoms with Crippen molar-refractivity contribution in [2.75, 3.05) is 19.4 Å². The number of nitrogens with zero attached hydrogens (tertiary/aromatic N) is 1. The minimum absolute atomic E-state index is 0.0848. The quantitative estimate of drug-likeness (QED) is 0.337. The number of halogens is 2. The van der Waals surface area contributed by atoms with Gasteiger partial charge in [0.1, 0.15) is 11.8 Å². The smallest absolute Gasteiger partial charge is 0.242 e. The molecule has 0 radical (unpaired) electrons. The van der Waals surface area contributed by atoms with Gasteiger partial charge in [0.2, 0.25) is 11.8 Å². The summed E-state index contributed by atoms with van der Waals surface area (Å²) in [6, 6.07) is 12.4. The van der Waals surface area contributed by atoms with Gasteiger partial charge in [0, 0.05) is 28.9 Å². The highest BCUT2D eigenvalue weighted by atomic mass is 35.5. The third-order valence-corrected chi connectivity index (χ3v) is 6.78. The molecule has 0 saturated carbocycles. The molecule has 0 bridgehead atoms. The predicted octanol–water partition coefficient (Wildman–Crippen LogP) is 5.96. The summed E-state index contributed by atoms with van der Waals surface area (Å²) in [6.07, 6.45) is 2.44. The van der Waals surface area contributed by atoms with E-state index in [1.807, 2.05) is 37.3 Å². The van der Waals surface area contributed by atoms with Gasteiger partial charge in [0.05, 0.1) is 12.9 Å². The van der Waals surface area contributed by atoms with Crippen molar-refractivity contribution in [3.8, 4) is 5.75 Å². The Balaban J connectivity index is 2.12. The number of carbonyl (C=O) groups excluding carboxylic acids is 2. The average Bonchev–Trinajstić information content (AvgIpc) is 2.80. The predicted molar refractivity (Wildman–Crippen MR) is 138 cm³/mol. The molecule has 0 fully saturated rings. The molecule has 5 nitrogen and oxygen atoms in total. The monoisotopic (exact) mass is 510 g/mol. The Kier molecular flexibility index (Phi) is 11.9. The van der Waals surface area contributed by atoms with Gasteiger partial charge in [-0.15, -0.1) is 11.8 Å². The van der Waals surface area contributed by atoms with Gasteiger partial charge in [-0.25, -0.2) is 0 Å². The molecule has 0 heterocycles. The highest BCUT2D eigenvalue weighted by Crippen LogP contribution is 2.25. The summed E-state index contributed by atoms with van der Waals surface area (Å²) in [6.45, 7) is 4.97. The summed E-state index contributed by atoms with van der Waals surface area (Å²) in [5.41, 5.74) is 1.86. The molecule has 2 aromatic rings. The van der Waals surface area contributed by atoms with Crippen molar-refractivity contribution in [2.45, 2.75) is 51.4 Å². The Morgan fingerprint density at radius 3 is 2.45 bits per heavy atom. The van der Waals surface area contributed by atoms with Crippen LogP contribution in [0, 0.1) is 0 Å². The molecule has 0 aromatic heterocycles. The van der Waals surface area contributed by atoms with Crippen molar-refractivity contribution >= 4 is 46.8 Å². The van der Waals surface area contributed by atoms with Crippen LogP contribution in [0.1, 0.15) is 44.2 Å². The average molecular weight is 512 g/mol. The minimum Gasteiger partial charge on any atom is -0.497 e. The van der Waals surface area contributed by atoms with E-state index < -0.39 is 6.04 Å². The maximum absolute atomic E-state index is 13.3. The van der Waals surface area contributed by atoms with Gasteiger partial charge in [0.15, 0.2) is 0 Å². The molecular weight excluding hydrogens is 479 g/mol. The first kappa shape index (κ1) is 27.4. The zero-order valence-corrected chi connectivity index (χ0v) is 21.7. The third-order valence-electron chi connectivity index (χ3n) is 5.23. The van der Waals surface area contributed by atoms with Gasteiger partial charge < -0.3 is 15.0 Å². The van der Waals surface area contributed by atoms with Crippen molar-refractivity contribution in [3.63, 3.8) is 0 Å². The summed E-state index contributed by atoms with van der Waals surface area (Å²) in [4.78, 5) is 27.9. The molecule has 2 amide bonds. The molecule has 2 rings (SSSR count). The summed E-state index contributed by atoms with van der Waals surface area (Å²) >= 11 is 13.7. The number of amides is 2. The Morgan fingerprint density at radius 2 is 1.85 bits per heavy atom. The van der Waals surface area contributed by atoms with Crippen molar-refractivity contribution in [2.24, 2.45) is 0 Å². The highest BCUT2D eigenvalue weighted by Gasteiger charge is 2.28. The number of carbonyl (C=O) groups is 2. The summed E-state index contributed by atoms with van der Waals surface area (Å²) in [5, 5.41) is 4.14. The molecule has 0 spiro atoms. The number of thioether (sulfide) groups is 1. The van der Waals surface area contributed by atoms with E-state index >= 15 is 0 Å². The molecule has 2 aromatic carbocycles. The van der Waals surface area contributed by atoms with Crippen molar-refractivity contribution in [1.82, 2.24) is 10.2 Å². The van der Waals surface area contributed by atoms with Gasteiger partial charge in [-0.2, -0.15) is 0 Å². The second kappa shape index (κ2) is 14.4. The lowest BCUT2D eigenvalue weighted by Crippen LogP contribution is -2.49. The van der Waals surface area contributed by atoms with Gasteiger partial charge in [-0.05, 0) is 48.2 Å². The van der Waals surface area contributed by atoms with Gasteiger partial charge >= 0.3 is 0 Å². The standard InChI is InChI=1S/C25H32Cl2N2O3S/c1-4-6-13-28-25(31)23(5-2)29(15-18-7-11-21(32-3)12-8-18)24(30)17-33-16-19-9-10-20(26)14-22(19)27/h7-12,14,23H,4-6,13,15-17H2,1-3H3,(H,28,31). The van der Waals surface area contributed by atoms with E-state index in [2.05, 4.69) is 12.2 Å². The van der Waals surface area contributed by atoms with Crippen LogP contribution >= 0.6 is 35.0 Å². The van der Waals surface area contributed by atoms with E-state index in [0.717, 1.165) is 29.7 Å². The summed E-state index contributed by atoms with van der Waals surface area (Å²) in [5.74, 6) is 1.37. The number of benzene rings is 2. The Labute approximate surface area is 211 Å². The zero-order chi connectivity index (χ0) is 24.2. The Hall–Kier alpha value is -1.89. The minimum atomic E-state index is -0.531. The van der Waals surface area contributed by atoms with Crippen LogP contribution in [-0.4, -0.2) is 42.2 Å². The molecule has 0 aliphatic carbocycles. The molecule has 1 N–H and O–H groups in total. The molecule has 8 heteroatoms. The fourth-order valence-corrected chi connectivity index (χ4v) is 4.79. The molecule has 180 valence electrons. The molecular formula is C25H32Cl2N2O3S. The number of rotatable bonds is 13. The van der Waals surface area contributed by atoms with Crippen LogP contribution < -0.4 is 10.1 Å². The maximum Gasteiger partial charge on any atom is 0.242 e. The van der Waals surface area contributed by atoms with Crippen molar-refractivity contribution in [1.29, 1.82) is 0 Å². The Morgan fingerprint density at radius 1 is 1.12 bits per heavy atom. The number of nitrogens with one attached hydrogen (secondary N) is 1. The molecule has 1 atom stereocenters. The van der Waals surface area contributed by atoms with Crippen molar-refractivity contribution < 1.29 is 14.3 Å². The lowest BCUT2D eigenvalue weighted by Gasteiger charge is -2.30. The van der Waals surface area contributed by atoms with E-state index in [4.69, 9.17) is 27.9 Å². The SMILES string of the molecule is CCCCNC(=O)C(CC)N(Cc1ccc(OC)cc1)C(=O)CSCc1ccc(Cl)cc1Cl. The van der Waals surface area contributed by atoms with Crippen LogP contribution in [0.4, 0.5) is 0 Å². The number of hydrogen-bond acceptors (Lipinski definition) is 4. The second-order valence-electron chi connectivity index (χ2n) is 7.67.